The number of carbonyl (C=O) groups is 2. The molecule has 2 unspecified atom stereocenters. The largest absolute Gasteiger partial charge is 0.465 e. The highest BCUT2D eigenvalue weighted by molar-refractivity contribution is 6.67. The Balaban J connectivity index is 2.31. The lowest BCUT2D eigenvalue weighted by Gasteiger charge is -2.49. The predicted molar refractivity (Wildman–Crippen MR) is 94.9 cm³/mol. The summed E-state index contributed by atoms with van der Waals surface area (Å²) in [5, 5.41) is 12.1. The van der Waals surface area contributed by atoms with Gasteiger partial charge in [-0.2, -0.15) is 18.3 Å². The second kappa shape index (κ2) is 6.37. The van der Waals surface area contributed by atoms with Crippen LogP contribution >= 0.6 is 11.6 Å². The first-order valence-corrected chi connectivity index (χ1v) is 8.95. The van der Waals surface area contributed by atoms with E-state index in [1.54, 1.807) is 39.0 Å². The third-order valence-electron chi connectivity index (χ3n) is 5.49. The number of rotatable bonds is 2. The lowest BCUT2D eigenvalue weighted by Crippen LogP contribution is -2.53. The highest BCUT2D eigenvalue weighted by atomic mass is 35.5. The molecule has 0 aromatic carbocycles. The number of hydrogen-bond acceptors (Lipinski definition) is 3. The number of aromatic nitrogens is 2. The van der Waals surface area contributed by atoms with Crippen LogP contribution in [0.15, 0.2) is 30.1 Å². The van der Waals surface area contributed by atoms with E-state index >= 15 is 0 Å². The van der Waals surface area contributed by atoms with Crippen molar-refractivity contribution >= 4 is 22.9 Å². The van der Waals surface area contributed by atoms with Crippen LogP contribution in [0.4, 0.5) is 18.0 Å². The van der Waals surface area contributed by atoms with Crippen LogP contribution in [0.2, 0.25) is 0 Å². The topological polar surface area (TPSA) is 75.4 Å². The molecule has 1 saturated heterocycles. The normalized spacial score (nSPS) is 24.9. The van der Waals surface area contributed by atoms with Crippen molar-refractivity contribution in [3.8, 4) is 0 Å². The number of likely N-dealkylation sites (tertiary alicyclic amines) is 1. The maximum absolute atomic E-state index is 13.9. The van der Waals surface area contributed by atoms with Gasteiger partial charge in [-0.3, -0.25) is 9.69 Å². The molecule has 0 bridgehead atoms. The van der Waals surface area contributed by atoms with Gasteiger partial charge in [0.05, 0.1) is 17.3 Å². The van der Waals surface area contributed by atoms with Gasteiger partial charge in [0.15, 0.2) is 5.69 Å². The van der Waals surface area contributed by atoms with Crippen LogP contribution < -0.4 is 0 Å². The van der Waals surface area contributed by atoms with E-state index in [9.17, 15) is 27.9 Å². The van der Waals surface area contributed by atoms with Crippen molar-refractivity contribution in [3.63, 3.8) is 0 Å². The molecule has 1 amide bonds. The average molecular weight is 418 g/mol. The Hall–Kier alpha value is -2.29. The molecule has 1 aliphatic heterocycles. The second-order valence-corrected chi connectivity index (χ2v) is 8.23. The van der Waals surface area contributed by atoms with Gasteiger partial charge in [-0.25, -0.2) is 9.48 Å². The highest BCUT2D eigenvalue weighted by Gasteiger charge is 2.57. The van der Waals surface area contributed by atoms with Crippen LogP contribution in [0, 0.1) is 11.3 Å². The van der Waals surface area contributed by atoms with Crippen molar-refractivity contribution < 1.29 is 27.9 Å². The first-order chi connectivity index (χ1) is 12.8. The van der Waals surface area contributed by atoms with Crippen molar-refractivity contribution in [1.82, 2.24) is 14.7 Å². The zero-order valence-corrected chi connectivity index (χ0v) is 16.2. The molecule has 2 atom stereocenters. The van der Waals surface area contributed by atoms with Gasteiger partial charge < -0.3 is 5.11 Å². The van der Waals surface area contributed by atoms with Crippen LogP contribution in [-0.4, -0.2) is 37.7 Å². The lowest BCUT2D eigenvalue weighted by atomic mass is 9.63. The molecule has 0 radical (unpaired) electrons. The SMILES string of the molecule is CC(C)(C)C1(n2ncc(C(=O)Cl)c2C(F)(F)F)C=CC=C2C1CCN2C(=O)O. The van der Waals surface area contributed by atoms with Crippen LogP contribution in [0.5, 0.6) is 0 Å². The molecular weight excluding hydrogens is 399 g/mol. The summed E-state index contributed by atoms with van der Waals surface area (Å²) in [6.07, 6.45) is -0.156. The molecule has 1 aliphatic carbocycles. The first kappa shape index (κ1) is 20.4. The van der Waals surface area contributed by atoms with E-state index in [1.165, 1.54) is 0 Å². The molecule has 1 aromatic heterocycles. The molecule has 2 aliphatic rings. The Morgan fingerprint density at radius 1 is 1.32 bits per heavy atom. The van der Waals surface area contributed by atoms with Gasteiger partial charge in [0.2, 0.25) is 0 Å². The fourth-order valence-corrected chi connectivity index (χ4v) is 4.48. The van der Waals surface area contributed by atoms with E-state index in [0.29, 0.717) is 12.1 Å². The van der Waals surface area contributed by atoms with Crippen LogP contribution in [0.25, 0.3) is 0 Å². The summed E-state index contributed by atoms with van der Waals surface area (Å²) in [5.74, 6) is -0.576. The Labute approximate surface area is 164 Å². The number of carbonyl (C=O) groups excluding carboxylic acids is 1. The Morgan fingerprint density at radius 3 is 2.46 bits per heavy atom. The van der Waals surface area contributed by atoms with E-state index in [1.807, 2.05) is 0 Å². The summed E-state index contributed by atoms with van der Waals surface area (Å²) in [5.41, 5.74) is -3.71. The fourth-order valence-electron chi connectivity index (χ4n) is 4.34. The molecule has 1 aromatic rings. The maximum atomic E-state index is 13.9. The van der Waals surface area contributed by atoms with E-state index < -0.39 is 45.6 Å². The highest BCUT2D eigenvalue weighted by Crippen LogP contribution is 2.54. The number of nitrogens with zero attached hydrogens (tertiary/aromatic N) is 3. The summed E-state index contributed by atoms with van der Waals surface area (Å²) in [4.78, 5) is 24.3. The maximum Gasteiger partial charge on any atom is 0.433 e. The zero-order chi connectivity index (χ0) is 21.1. The molecule has 3 rings (SSSR count). The van der Waals surface area contributed by atoms with Crippen molar-refractivity contribution in [2.24, 2.45) is 11.3 Å². The minimum atomic E-state index is -4.88. The smallest absolute Gasteiger partial charge is 0.433 e. The summed E-state index contributed by atoms with van der Waals surface area (Å²) in [6, 6.07) is 0. The van der Waals surface area contributed by atoms with Crippen LogP contribution in [-0.2, 0) is 11.7 Å². The molecule has 152 valence electrons. The third-order valence-corrected chi connectivity index (χ3v) is 5.69. The van der Waals surface area contributed by atoms with E-state index in [0.717, 1.165) is 15.8 Å². The van der Waals surface area contributed by atoms with Crippen molar-refractivity contribution in [1.29, 1.82) is 0 Å². The molecule has 6 nitrogen and oxygen atoms in total. The summed E-state index contributed by atoms with van der Waals surface area (Å²) < 4.78 is 42.7. The third kappa shape index (κ3) is 2.83. The second-order valence-electron chi connectivity index (χ2n) is 7.89. The molecular formula is C18H19ClF3N3O3. The molecule has 10 heteroatoms. The zero-order valence-electron chi connectivity index (χ0n) is 15.4. The number of fused-ring (bicyclic) bond motifs is 1. The monoisotopic (exact) mass is 417 g/mol. The minimum Gasteiger partial charge on any atom is -0.465 e. The van der Waals surface area contributed by atoms with Crippen LogP contribution in [0.1, 0.15) is 43.2 Å². The molecule has 0 spiro atoms. The average Bonchev–Trinajstić information content (AvgIpc) is 3.17. The van der Waals surface area contributed by atoms with E-state index in [-0.39, 0.29) is 6.54 Å². The van der Waals surface area contributed by atoms with Crippen LogP contribution in [0.3, 0.4) is 0 Å². The van der Waals surface area contributed by atoms with Gasteiger partial charge in [-0.1, -0.05) is 32.9 Å². The number of alkyl halides is 3. The summed E-state index contributed by atoms with van der Waals surface area (Å²) in [6.45, 7) is 5.43. The standard InChI is InChI=1S/C18H19ClF3N3O3/c1-16(2,3)17(7-4-5-12-11(17)6-8-24(12)15(27)28)25-13(18(20,21)22)10(9-23-25)14(19)26/h4-5,7,9,11H,6,8H2,1-3H3,(H,27,28). The van der Waals surface area contributed by atoms with Gasteiger partial charge in [0.25, 0.3) is 5.24 Å². The first-order valence-electron chi connectivity index (χ1n) is 8.57. The van der Waals surface area contributed by atoms with Gasteiger partial charge in [0.1, 0.15) is 0 Å². The Morgan fingerprint density at radius 2 is 1.96 bits per heavy atom. The minimum absolute atomic E-state index is 0.162. The molecule has 2 heterocycles. The van der Waals surface area contributed by atoms with Gasteiger partial charge >= 0.3 is 12.3 Å². The summed E-state index contributed by atoms with van der Waals surface area (Å²) >= 11 is 5.39. The van der Waals surface area contributed by atoms with Gasteiger partial charge in [-0.05, 0) is 29.5 Å². The molecule has 1 N–H and O–H groups in total. The number of hydrogen-bond donors (Lipinski definition) is 1. The summed E-state index contributed by atoms with van der Waals surface area (Å²) in [7, 11) is 0. The number of amides is 1. The molecule has 0 saturated carbocycles. The van der Waals surface area contributed by atoms with Gasteiger partial charge in [0, 0.05) is 18.2 Å². The number of carboxylic acid groups (broad SMARTS) is 1. The van der Waals surface area contributed by atoms with E-state index in [2.05, 4.69) is 5.10 Å². The van der Waals surface area contributed by atoms with Gasteiger partial charge in [-0.15, -0.1) is 0 Å². The van der Waals surface area contributed by atoms with Crippen molar-refractivity contribution in [2.75, 3.05) is 6.54 Å². The Kier molecular flexibility index (Phi) is 4.65. The van der Waals surface area contributed by atoms with Crippen molar-refractivity contribution in [2.45, 2.75) is 38.9 Å². The fraction of sp³-hybridized carbons (Fsp3) is 0.500. The lowest BCUT2D eigenvalue weighted by molar-refractivity contribution is -0.149. The van der Waals surface area contributed by atoms with E-state index in [4.69, 9.17) is 11.6 Å². The Bertz CT molecular complexity index is 898. The molecule has 1 fully saturated rings. The predicted octanol–water partition coefficient (Wildman–Crippen LogP) is 4.48. The number of halogens is 4. The molecule has 28 heavy (non-hydrogen) atoms. The number of allylic oxidation sites excluding steroid dienone is 4. The quantitative estimate of drug-likeness (QED) is 0.720. The van der Waals surface area contributed by atoms with Crippen molar-refractivity contribution in [3.05, 3.63) is 41.4 Å².